The second-order valence-electron chi connectivity index (χ2n) is 18.2. The van der Waals surface area contributed by atoms with Crippen LogP contribution in [0.5, 0.6) is 0 Å². The van der Waals surface area contributed by atoms with Crippen LogP contribution >= 0.6 is 0 Å². The van der Waals surface area contributed by atoms with Crippen LogP contribution in [0, 0.1) is 27.7 Å². The van der Waals surface area contributed by atoms with Crippen molar-refractivity contribution in [2.75, 3.05) is 4.90 Å². The number of aryl methyl sites for hydroxylation is 4. The van der Waals surface area contributed by atoms with Gasteiger partial charge in [0.05, 0.1) is 0 Å². The lowest BCUT2D eigenvalue weighted by Gasteiger charge is -2.25. The molecule has 0 radical (unpaired) electrons. The van der Waals surface area contributed by atoms with Crippen molar-refractivity contribution in [2.45, 2.75) is 27.7 Å². The predicted octanol–water partition coefficient (Wildman–Crippen LogP) is 19.0. The van der Waals surface area contributed by atoms with E-state index in [0.717, 1.165) is 50.4 Å². The summed E-state index contributed by atoms with van der Waals surface area (Å²) in [5, 5.41) is 0. The molecule has 0 saturated carbocycles. The molecule has 0 aliphatic carbocycles. The minimum absolute atomic E-state index is 1.10. The summed E-state index contributed by atoms with van der Waals surface area (Å²) in [5.41, 5.74) is 22.5. The third kappa shape index (κ3) is 12.9. The van der Waals surface area contributed by atoms with E-state index in [9.17, 15) is 0 Å². The highest BCUT2D eigenvalue weighted by Gasteiger charge is 2.12. The topological polar surface area (TPSA) is 3.24 Å². The van der Waals surface area contributed by atoms with Gasteiger partial charge in [-0.05, 0) is 131 Å². The number of anilines is 3. The average molecular weight is 914 g/mol. The zero-order valence-electron chi connectivity index (χ0n) is 41.1. The highest BCUT2D eigenvalue weighted by Crippen LogP contribution is 2.35. The van der Waals surface area contributed by atoms with E-state index in [0.29, 0.717) is 0 Å². The molecule has 1 nitrogen and oxygen atoms in total. The number of hydrogen-bond acceptors (Lipinski definition) is 1. The van der Waals surface area contributed by atoms with Crippen molar-refractivity contribution in [1.82, 2.24) is 0 Å². The molecule has 344 valence electrons. The molecule has 0 spiro atoms. The summed E-state index contributed by atoms with van der Waals surface area (Å²) >= 11 is 0. The van der Waals surface area contributed by atoms with Crippen LogP contribution in [0.15, 0.2) is 249 Å². The molecular weight excluding hydrogens is 855 g/mol. The molecular formula is C70H59N. The lowest BCUT2D eigenvalue weighted by atomic mass is 9.96. The molecule has 9 aromatic carbocycles. The standard InChI is InChI=1S/C70H59N/c1-52-16-40-62(41-17-52)69(63-42-18-53(2)19-43-63)14-8-10-56-24-28-58(29-25-56)32-34-60-36-48-67(49-37-60)71(66-12-6-5-7-13-66)68-50-38-61(39-51-68)35-33-59-30-26-57(27-31-59)11-9-15-70(64-44-20-54(3)21-45-64)65-46-22-55(4)23-47-65/h5-51H,1-4H3. The highest BCUT2D eigenvalue weighted by atomic mass is 15.1. The van der Waals surface area contributed by atoms with Crippen molar-refractivity contribution in [3.8, 4) is 0 Å². The van der Waals surface area contributed by atoms with Crippen molar-refractivity contribution >= 4 is 64.7 Å². The van der Waals surface area contributed by atoms with E-state index >= 15 is 0 Å². The highest BCUT2D eigenvalue weighted by molar-refractivity contribution is 5.84. The molecule has 0 aromatic heterocycles. The summed E-state index contributed by atoms with van der Waals surface area (Å²) in [5.74, 6) is 0. The van der Waals surface area contributed by atoms with Gasteiger partial charge in [-0.1, -0.05) is 271 Å². The molecule has 0 unspecified atom stereocenters. The molecule has 71 heavy (non-hydrogen) atoms. The van der Waals surface area contributed by atoms with Crippen LogP contribution in [-0.2, 0) is 0 Å². The van der Waals surface area contributed by atoms with Crippen LogP contribution in [0.3, 0.4) is 0 Å². The molecule has 0 saturated heterocycles. The molecule has 1 heteroatoms. The van der Waals surface area contributed by atoms with Crippen molar-refractivity contribution in [3.63, 3.8) is 0 Å². The minimum Gasteiger partial charge on any atom is -0.311 e. The van der Waals surface area contributed by atoms with E-state index < -0.39 is 0 Å². The monoisotopic (exact) mass is 913 g/mol. The summed E-state index contributed by atoms with van der Waals surface area (Å²) in [6.45, 7) is 8.51. The number of allylic oxidation sites excluding steroid dienone is 4. The summed E-state index contributed by atoms with van der Waals surface area (Å²) < 4.78 is 0. The fraction of sp³-hybridized carbons (Fsp3) is 0.0571. The molecule has 9 aromatic rings. The molecule has 0 atom stereocenters. The van der Waals surface area contributed by atoms with E-state index in [4.69, 9.17) is 0 Å². The van der Waals surface area contributed by atoms with E-state index in [1.165, 1.54) is 55.7 Å². The molecule has 0 amide bonds. The fourth-order valence-electron chi connectivity index (χ4n) is 8.48. The zero-order valence-corrected chi connectivity index (χ0v) is 41.1. The molecule has 0 bridgehead atoms. The maximum atomic E-state index is 2.30. The maximum Gasteiger partial charge on any atom is 0.0462 e. The first-order chi connectivity index (χ1) is 34.8. The number of benzene rings is 9. The van der Waals surface area contributed by atoms with Gasteiger partial charge < -0.3 is 4.90 Å². The average Bonchev–Trinajstić information content (AvgIpc) is 3.41. The maximum absolute atomic E-state index is 2.30. The van der Waals surface area contributed by atoms with Crippen LogP contribution in [0.2, 0.25) is 0 Å². The van der Waals surface area contributed by atoms with Gasteiger partial charge >= 0.3 is 0 Å². The number of para-hydroxylation sites is 1. The number of rotatable bonds is 15. The van der Waals surface area contributed by atoms with Gasteiger partial charge in [0.25, 0.3) is 0 Å². The summed E-state index contributed by atoms with van der Waals surface area (Å²) in [6, 6.07) is 80.6. The quantitative estimate of drug-likeness (QED) is 0.0732. The van der Waals surface area contributed by atoms with Crippen molar-refractivity contribution < 1.29 is 0 Å². The third-order valence-corrected chi connectivity index (χ3v) is 12.7. The Labute approximate surface area is 421 Å². The van der Waals surface area contributed by atoms with Crippen LogP contribution in [0.1, 0.15) is 77.9 Å². The fourth-order valence-corrected chi connectivity index (χ4v) is 8.48. The van der Waals surface area contributed by atoms with Crippen LogP contribution in [0.4, 0.5) is 17.1 Å². The van der Waals surface area contributed by atoms with Gasteiger partial charge in [-0.2, -0.15) is 0 Å². The molecule has 0 aliphatic heterocycles. The van der Waals surface area contributed by atoms with Gasteiger partial charge in [0.15, 0.2) is 0 Å². The Kier molecular flexibility index (Phi) is 15.3. The second kappa shape index (κ2) is 23.0. The van der Waals surface area contributed by atoms with Crippen LogP contribution < -0.4 is 4.90 Å². The second-order valence-corrected chi connectivity index (χ2v) is 18.2. The molecule has 9 rings (SSSR count). The van der Waals surface area contributed by atoms with Gasteiger partial charge in [-0.15, -0.1) is 0 Å². The van der Waals surface area contributed by atoms with Crippen molar-refractivity contribution in [2.24, 2.45) is 0 Å². The van der Waals surface area contributed by atoms with E-state index in [1.54, 1.807) is 0 Å². The molecule has 0 fully saturated rings. The Morgan fingerprint density at radius 3 is 0.775 bits per heavy atom. The Bertz CT molecular complexity index is 3020. The lowest BCUT2D eigenvalue weighted by molar-refractivity contribution is 1.28. The first-order valence-corrected chi connectivity index (χ1v) is 24.5. The summed E-state index contributed by atoms with van der Waals surface area (Å²) in [4.78, 5) is 2.30. The normalized spacial score (nSPS) is 11.4. The van der Waals surface area contributed by atoms with Gasteiger partial charge in [0.1, 0.15) is 0 Å². The van der Waals surface area contributed by atoms with Gasteiger partial charge in [0.2, 0.25) is 0 Å². The van der Waals surface area contributed by atoms with Gasteiger partial charge in [-0.3, -0.25) is 0 Å². The first-order valence-electron chi connectivity index (χ1n) is 24.5. The zero-order chi connectivity index (χ0) is 48.8. The molecule has 0 N–H and O–H groups in total. The largest absolute Gasteiger partial charge is 0.311 e. The third-order valence-electron chi connectivity index (χ3n) is 12.7. The number of hydrogen-bond donors (Lipinski definition) is 0. The number of nitrogens with zero attached hydrogens (tertiary/aromatic N) is 1. The lowest BCUT2D eigenvalue weighted by Crippen LogP contribution is -2.09. The molecule has 0 aliphatic rings. The summed E-state index contributed by atoms with van der Waals surface area (Å²) in [6.07, 6.45) is 21.8. The van der Waals surface area contributed by atoms with E-state index in [1.807, 2.05) is 0 Å². The smallest absolute Gasteiger partial charge is 0.0462 e. The minimum atomic E-state index is 1.10. The predicted molar refractivity (Wildman–Crippen MR) is 309 cm³/mol. The Morgan fingerprint density at radius 2 is 0.493 bits per heavy atom. The van der Waals surface area contributed by atoms with Crippen LogP contribution in [-0.4, -0.2) is 0 Å². The molecule has 0 heterocycles. The first kappa shape index (κ1) is 47.3. The van der Waals surface area contributed by atoms with Crippen molar-refractivity contribution in [1.29, 1.82) is 0 Å². The Balaban J connectivity index is 0.840. The van der Waals surface area contributed by atoms with Gasteiger partial charge in [0, 0.05) is 17.1 Å². The van der Waals surface area contributed by atoms with Crippen molar-refractivity contribution in [3.05, 3.63) is 327 Å². The van der Waals surface area contributed by atoms with E-state index in [-0.39, 0.29) is 0 Å². The Morgan fingerprint density at radius 1 is 0.254 bits per heavy atom. The van der Waals surface area contributed by atoms with E-state index in [2.05, 4.69) is 318 Å². The van der Waals surface area contributed by atoms with Gasteiger partial charge in [-0.25, -0.2) is 0 Å². The SMILES string of the molecule is Cc1ccc(C(=CC=Cc2ccc(C=Cc3ccc(N(c4ccccc4)c4ccc(C=Cc5ccc(C=CC=C(c6ccc(C)cc6)c6ccc(C)cc6)cc5)cc4)cc3)cc2)c2ccc(C)cc2)cc1. The summed E-state index contributed by atoms with van der Waals surface area (Å²) in [7, 11) is 0. The van der Waals surface area contributed by atoms with Crippen LogP contribution in [0.25, 0.3) is 47.6 Å². The Hall–Kier alpha value is -8.78.